The summed E-state index contributed by atoms with van der Waals surface area (Å²) in [6, 6.07) is 9.66. The highest BCUT2D eigenvalue weighted by Gasteiger charge is 2.37. The summed E-state index contributed by atoms with van der Waals surface area (Å²) in [5.74, 6) is 0.0942. The number of cyclic esters (lactones) is 1. The Kier molecular flexibility index (Phi) is 11.0. The van der Waals surface area contributed by atoms with E-state index in [0.717, 1.165) is 5.56 Å². The maximum Gasteiger partial charge on any atom is 0.453 e. The number of carbonyl (C=O) groups excluding carboxylic acids is 4. The van der Waals surface area contributed by atoms with Crippen LogP contribution in [0, 0.1) is 5.92 Å². The van der Waals surface area contributed by atoms with Crippen molar-refractivity contribution in [1.29, 1.82) is 0 Å². The summed E-state index contributed by atoms with van der Waals surface area (Å²) in [6.07, 6.45) is -1.32. The van der Waals surface area contributed by atoms with Gasteiger partial charge in [0.05, 0.1) is 6.04 Å². The fourth-order valence-corrected chi connectivity index (χ4v) is 2.90. The molecule has 1 heterocycles. The number of carbonyl (C=O) groups is 4. The number of rotatable bonds is 4. The van der Waals surface area contributed by atoms with Crippen molar-refractivity contribution in [3.63, 3.8) is 0 Å². The number of imide groups is 1. The minimum atomic E-state index is -0.918. The molecule has 10 heteroatoms. The summed E-state index contributed by atoms with van der Waals surface area (Å²) in [6.45, 7) is 14.3. The van der Waals surface area contributed by atoms with E-state index < -0.39 is 29.5 Å². The number of nitrogens with zero attached hydrogens (tertiary/aromatic N) is 3. The molecule has 194 valence electrons. The molecule has 1 aromatic carbocycles. The van der Waals surface area contributed by atoms with E-state index >= 15 is 0 Å². The van der Waals surface area contributed by atoms with Crippen LogP contribution in [0.2, 0.25) is 0 Å². The smallest absolute Gasteiger partial charge is 0.447 e. The monoisotopic (exact) mass is 491 g/mol. The maximum atomic E-state index is 12.1. The highest BCUT2D eigenvalue weighted by molar-refractivity contribution is 5.93. The van der Waals surface area contributed by atoms with Gasteiger partial charge in [0.15, 0.2) is 0 Å². The Morgan fingerprint density at radius 1 is 0.971 bits per heavy atom. The summed E-state index contributed by atoms with van der Waals surface area (Å²) < 4.78 is 14.6. The number of amides is 4. The van der Waals surface area contributed by atoms with Gasteiger partial charge in [0.2, 0.25) is 5.91 Å². The van der Waals surface area contributed by atoms with E-state index in [0.29, 0.717) is 12.8 Å². The Labute approximate surface area is 207 Å². The topological polar surface area (TPSA) is 124 Å². The fourth-order valence-electron chi connectivity index (χ4n) is 2.90. The van der Waals surface area contributed by atoms with E-state index in [2.05, 4.69) is 10.2 Å². The second-order valence-corrected chi connectivity index (χ2v) is 10.4. The lowest BCUT2D eigenvalue weighted by atomic mass is 10.0. The van der Waals surface area contributed by atoms with E-state index in [-0.39, 0.29) is 24.5 Å². The SMILES string of the molecule is CC(C)(C)OC(=O)N=NC(=O)OC(C)(C)C.CC(C)CC(=O)N1C(=O)OC[C@@H]1Cc1ccccc1. The normalized spacial score (nSPS) is 16.0. The Hall–Kier alpha value is -3.30. The molecule has 2 rings (SSSR count). The number of azo groups is 1. The first-order valence-corrected chi connectivity index (χ1v) is 11.5. The molecule has 4 amide bonds. The van der Waals surface area contributed by atoms with Crippen LogP contribution >= 0.6 is 0 Å². The zero-order valence-electron chi connectivity index (χ0n) is 21.9. The summed E-state index contributed by atoms with van der Waals surface area (Å²) in [5.41, 5.74) is -0.221. The van der Waals surface area contributed by atoms with Gasteiger partial charge in [-0.1, -0.05) is 54.4 Å². The van der Waals surface area contributed by atoms with Crippen molar-refractivity contribution in [3.05, 3.63) is 35.9 Å². The molecule has 0 aromatic heterocycles. The van der Waals surface area contributed by atoms with Crippen LogP contribution in [0.4, 0.5) is 14.4 Å². The first kappa shape index (κ1) is 29.7. The molecule has 1 aliphatic rings. The molecule has 35 heavy (non-hydrogen) atoms. The summed E-state index contributed by atoms with van der Waals surface area (Å²) in [5, 5.41) is 6.17. The van der Waals surface area contributed by atoms with Gasteiger partial charge in [-0.2, -0.15) is 0 Å². The van der Waals surface area contributed by atoms with E-state index in [1.54, 1.807) is 41.5 Å². The second kappa shape index (κ2) is 13.0. The lowest BCUT2D eigenvalue weighted by Crippen LogP contribution is -2.40. The van der Waals surface area contributed by atoms with Crippen LogP contribution in [0.1, 0.15) is 67.4 Å². The molecule has 1 saturated heterocycles. The minimum absolute atomic E-state index is 0.140. The summed E-state index contributed by atoms with van der Waals surface area (Å²) in [7, 11) is 0. The van der Waals surface area contributed by atoms with Crippen LogP contribution in [0.25, 0.3) is 0 Å². The van der Waals surface area contributed by atoms with Crippen LogP contribution in [0.5, 0.6) is 0 Å². The summed E-state index contributed by atoms with van der Waals surface area (Å²) >= 11 is 0. The Bertz CT molecular complexity index is 870. The van der Waals surface area contributed by atoms with Crippen molar-refractivity contribution < 1.29 is 33.4 Å². The maximum absolute atomic E-state index is 12.1. The predicted octanol–water partition coefficient (Wildman–Crippen LogP) is 5.93. The largest absolute Gasteiger partial charge is 0.453 e. The Morgan fingerprint density at radius 2 is 1.46 bits per heavy atom. The molecule has 0 N–H and O–H groups in total. The molecule has 0 aliphatic carbocycles. The van der Waals surface area contributed by atoms with E-state index in [1.807, 2.05) is 44.2 Å². The highest BCUT2D eigenvalue weighted by atomic mass is 16.6. The molecule has 0 spiro atoms. The van der Waals surface area contributed by atoms with Crippen molar-refractivity contribution in [2.24, 2.45) is 16.1 Å². The third-order valence-corrected chi connectivity index (χ3v) is 4.13. The fraction of sp³-hybridized carbons (Fsp3) is 0.600. The lowest BCUT2D eigenvalue weighted by Gasteiger charge is -2.20. The van der Waals surface area contributed by atoms with Gasteiger partial charge in [0.25, 0.3) is 0 Å². The Morgan fingerprint density at radius 3 is 1.89 bits per heavy atom. The standard InChI is InChI=1S/C15H19NO3.C10H18N2O4/c1-11(2)8-14(17)16-13(10-19-15(16)18)9-12-6-4-3-5-7-12;1-9(2,3)15-7(13)11-12-8(14)16-10(4,5)6/h3-7,11,13H,8-10H2,1-2H3;1-6H3/t13-;/m0./s1. The number of hydrogen-bond acceptors (Lipinski definition) is 7. The average Bonchev–Trinajstić information content (AvgIpc) is 3.05. The molecule has 1 aromatic rings. The zero-order valence-corrected chi connectivity index (χ0v) is 21.9. The van der Waals surface area contributed by atoms with Crippen LogP contribution in [-0.2, 0) is 25.4 Å². The van der Waals surface area contributed by atoms with E-state index in [4.69, 9.17) is 14.2 Å². The van der Waals surface area contributed by atoms with E-state index in [1.165, 1.54) is 4.90 Å². The third-order valence-electron chi connectivity index (χ3n) is 4.13. The Balaban J connectivity index is 0.000000357. The lowest BCUT2D eigenvalue weighted by molar-refractivity contribution is -0.129. The number of ether oxygens (including phenoxy) is 3. The first-order chi connectivity index (χ1) is 16.1. The third kappa shape index (κ3) is 12.7. The highest BCUT2D eigenvalue weighted by Crippen LogP contribution is 2.19. The molecular formula is C25H37N3O7. The molecule has 0 saturated carbocycles. The van der Waals surface area contributed by atoms with Crippen molar-refractivity contribution in [2.45, 2.75) is 85.5 Å². The number of benzene rings is 1. The first-order valence-electron chi connectivity index (χ1n) is 11.5. The minimum Gasteiger partial charge on any atom is -0.447 e. The van der Waals surface area contributed by atoms with Crippen LogP contribution in [-0.4, -0.2) is 52.9 Å². The summed E-state index contributed by atoms with van der Waals surface area (Å²) in [4.78, 5) is 47.1. The molecule has 10 nitrogen and oxygen atoms in total. The van der Waals surface area contributed by atoms with Gasteiger partial charge in [0, 0.05) is 6.42 Å². The molecule has 1 atom stereocenters. The number of hydrogen-bond donors (Lipinski definition) is 0. The molecule has 0 bridgehead atoms. The van der Waals surface area contributed by atoms with Crippen molar-refractivity contribution in [2.75, 3.05) is 6.61 Å². The quantitative estimate of drug-likeness (QED) is 0.377. The zero-order chi connectivity index (χ0) is 26.8. The van der Waals surface area contributed by atoms with Crippen molar-refractivity contribution in [3.8, 4) is 0 Å². The van der Waals surface area contributed by atoms with Gasteiger partial charge >= 0.3 is 18.3 Å². The van der Waals surface area contributed by atoms with E-state index in [9.17, 15) is 19.2 Å². The predicted molar refractivity (Wildman–Crippen MR) is 129 cm³/mol. The van der Waals surface area contributed by atoms with Crippen LogP contribution in [0.3, 0.4) is 0 Å². The van der Waals surface area contributed by atoms with Crippen LogP contribution < -0.4 is 0 Å². The molecule has 1 aliphatic heterocycles. The molecule has 0 radical (unpaired) electrons. The molecule has 1 fully saturated rings. The van der Waals surface area contributed by atoms with Crippen molar-refractivity contribution >= 4 is 24.2 Å². The average molecular weight is 492 g/mol. The van der Waals surface area contributed by atoms with Crippen molar-refractivity contribution in [1.82, 2.24) is 4.90 Å². The van der Waals surface area contributed by atoms with Gasteiger partial charge < -0.3 is 14.2 Å². The van der Waals surface area contributed by atoms with Gasteiger partial charge in [-0.3, -0.25) is 4.79 Å². The van der Waals surface area contributed by atoms with Gasteiger partial charge in [-0.15, -0.1) is 0 Å². The molecule has 0 unspecified atom stereocenters. The van der Waals surface area contributed by atoms with Crippen LogP contribution in [0.15, 0.2) is 40.6 Å². The second-order valence-electron chi connectivity index (χ2n) is 10.4. The molecular weight excluding hydrogens is 454 g/mol. The van der Waals surface area contributed by atoms with Gasteiger partial charge in [-0.05, 0) is 59.4 Å². The van der Waals surface area contributed by atoms with Gasteiger partial charge in [-0.25, -0.2) is 19.3 Å². The van der Waals surface area contributed by atoms with Gasteiger partial charge in [0.1, 0.15) is 17.8 Å².